The number of benzene rings is 1. The molecule has 5 rings (SSSR count). The fourth-order valence-electron chi connectivity index (χ4n) is 4.90. The van der Waals surface area contributed by atoms with Crippen LogP contribution in [0.1, 0.15) is 50.8 Å². The van der Waals surface area contributed by atoms with E-state index in [-0.39, 0.29) is 17.2 Å². The van der Waals surface area contributed by atoms with E-state index >= 15 is 0 Å². The smallest absolute Gasteiger partial charge is 0.281 e. The fraction of sp³-hybridized carbons (Fsp3) is 0.619. The molecule has 2 aliphatic heterocycles. The zero-order valence-electron chi connectivity index (χ0n) is 17.1. The van der Waals surface area contributed by atoms with Gasteiger partial charge in [0.1, 0.15) is 5.82 Å². The summed E-state index contributed by atoms with van der Waals surface area (Å²) in [6.45, 7) is 4.50. The minimum Gasteiger partial charge on any atom is -0.420 e. The van der Waals surface area contributed by atoms with Gasteiger partial charge in [-0.2, -0.15) is 17.0 Å². The number of rotatable bonds is 4. The summed E-state index contributed by atoms with van der Waals surface area (Å²) < 4.78 is 48.6. The lowest BCUT2D eigenvalue weighted by atomic mass is 9.92. The third-order valence-corrected chi connectivity index (χ3v) is 9.15. The zero-order valence-corrected chi connectivity index (χ0v) is 17.9. The molecule has 1 unspecified atom stereocenters. The van der Waals surface area contributed by atoms with Gasteiger partial charge in [-0.05, 0) is 61.6 Å². The largest absolute Gasteiger partial charge is 0.420 e. The van der Waals surface area contributed by atoms with Crippen LogP contribution < -0.4 is 0 Å². The predicted octanol–water partition coefficient (Wildman–Crippen LogP) is 3.42. The fourth-order valence-corrected chi connectivity index (χ4v) is 6.55. The van der Waals surface area contributed by atoms with Crippen LogP contribution in [0.2, 0.25) is 0 Å². The molecule has 0 amide bonds. The van der Waals surface area contributed by atoms with E-state index in [1.54, 1.807) is 20.7 Å². The third-order valence-electron chi connectivity index (χ3n) is 7.11. The van der Waals surface area contributed by atoms with Crippen molar-refractivity contribution in [3.05, 3.63) is 36.0 Å². The van der Waals surface area contributed by atoms with Crippen LogP contribution in [0.4, 0.5) is 4.39 Å². The van der Waals surface area contributed by atoms with Gasteiger partial charge in [-0.15, -0.1) is 10.2 Å². The normalized spacial score (nSPS) is 25.6. The molecule has 7 nitrogen and oxygen atoms in total. The number of hydrogen-bond donors (Lipinski definition) is 0. The van der Waals surface area contributed by atoms with Crippen LogP contribution in [0, 0.1) is 17.2 Å². The first-order chi connectivity index (χ1) is 14.4. The monoisotopic (exact) mass is 434 g/mol. The first-order valence-electron chi connectivity index (χ1n) is 10.7. The molecule has 0 radical (unpaired) electrons. The summed E-state index contributed by atoms with van der Waals surface area (Å²) in [7, 11) is -3.37. The molecule has 1 atom stereocenters. The highest BCUT2D eigenvalue weighted by Gasteiger charge is 2.59. The Morgan fingerprint density at radius 3 is 2.50 bits per heavy atom. The summed E-state index contributed by atoms with van der Waals surface area (Å²) in [5.74, 6) is 1.32. The molecule has 1 spiro atoms. The number of aromatic nitrogens is 2. The standard InChI is InChI=1S/C21H27FN4O3S/c1-15-5-9-25(10-6-15)30(27,28)26-11-7-21(8-12-26)14-18(21)20-24-23-19(29-20)16-3-2-4-17(22)13-16/h2-4,13,15,18H,5-12,14H2,1H3. The highest BCUT2D eigenvalue weighted by molar-refractivity contribution is 7.86. The van der Waals surface area contributed by atoms with Gasteiger partial charge in [0.15, 0.2) is 0 Å². The predicted molar refractivity (Wildman–Crippen MR) is 109 cm³/mol. The topological polar surface area (TPSA) is 79.5 Å². The maximum atomic E-state index is 13.5. The Bertz CT molecular complexity index is 1020. The molecule has 0 bridgehead atoms. The summed E-state index contributed by atoms with van der Waals surface area (Å²) in [5, 5.41) is 8.29. The quantitative estimate of drug-likeness (QED) is 0.737. The molecule has 30 heavy (non-hydrogen) atoms. The average molecular weight is 435 g/mol. The number of hydrogen-bond acceptors (Lipinski definition) is 5. The van der Waals surface area contributed by atoms with Gasteiger partial charge in [-0.1, -0.05) is 13.0 Å². The summed E-state index contributed by atoms with van der Waals surface area (Å²) >= 11 is 0. The van der Waals surface area contributed by atoms with E-state index in [9.17, 15) is 12.8 Å². The minimum absolute atomic E-state index is 0.0498. The van der Waals surface area contributed by atoms with Crippen molar-refractivity contribution in [2.45, 2.75) is 44.9 Å². The molecule has 3 aliphatic rings. The van der Waals surface area contributed by atoms with Crippen molar-refractivity contribution in [3.63, 3.8) is 0 Å². The lowest BCUT2D eigenvalue weighted by molar-refractivity contribution is 0.217. The average Bonchev–Trinajstić information content (AvgIpc) is 3.20. The Kier molecular flexibility index (Phi) is 4.95. The summed E-state index contributed by atoms with van der Waals surface area (Å²) in [5.41, 5.74) is 0.619. The van der Waals surface area contributed by atoms with Crippen molar-refractivity contribution in [1.82, 2.24) is 18.8 Å². The minimum atomic E-state index is -3.37. The van der Waals surface area contributed by atoms with Gasteiger partial charge in [0.25, 0.3) is 10.2 Å². The maximum absolute atomic E-state index is 13.5. The lowest BCUT2D eigenvalue weighted by Gasteiger charge is -2.37. The van der Waals surface area contributed by atoms with E-state index in [0.717, 1.165) is 32.1 Å². The Labute approximate surface area is 176 Å². The third kappa shape index (κ3) is 3.56. The molecule has 3 fully saturated rings. The van der Waals surface area contributed by atoms with Crippen LogP contribution in [0.5, 0.6) is 0 Å². The first kappa shape index (κ1) is 20.1. The lowest BCUT2D eigenvalue weighted by Crippen LogP contribution is -2.49. The molecule has 9 heteroatoms. The highest BCUT2D eigenvalue weighted by Crippen LogP contribution is 2.64. The van der Waals surface area contributed by atoms with E-state index in [4.69, 9.17) is 4.42 Å². The van der Waals surface area contributed by atoms with Crippen molar-refractivity contribution in [1.29, 1.82) is 0 Å². The van der Waals surface area contributed by atoms with Crippen LogP contribution in [0.25, 0.3) is 11.5 Å². The van der Waals surface area contributed by atoms with Crippen LogP contribution in [-0.2, 0) is 10.2 Å². The van der Waals surface area contributed by atoms with Crippen LogP contribution >= 0.6 is 0 Å². The second kappa shape index (κ2) is 7.39. The van der Waals surface area contributed by atoms with Gasteiger partial charge in [-0.25, -0.2) is 4.39 Å². The molecule has 1 aromatic heterocycles. The summed E-state index contributed by atoms with van der Waals surface area (Å²) in [4.78, 5) is 0. The number of nitrogens with zero attached hydrogens (tertiary/aromatic N) is 4. The van der Waals surface area contributed by atoms with E-state index in [1.165, 1.54) is 12.1 Å². The Balaban J connectivity index is 1.23. The highest BCUT2D eigenvalue weighted by atomic mass is 32.2. The van der Waals surface area contributed by atoms with Crippen molar-refractivity contribution in [3.8, 4) is 11.5 Å². The van der Waals surface area contributed by atoms with E-state index in [2.05, 4.69) is 17.1 Å². The molecule has 1 aromatic carbocycles. The molecule has 1 saturated carbocycles. The summed E-state index contributed by atoms with van der Waals surface area (Å²) in [6, 6.07) is 6.12. The van der Waals surface area contributed by atoms with Crippen molar-refractivity contribution in [2.24, 2.45) is 11.3 Å². The molecule has 0 N–H and O–H groups in total. The second-order valence-electron chi connectivity index (χ2n) is 9.06. The molecular weight excluding hydrogens is 407 g/mol. The van der Waals surface area contributed by atoms with Gasteiger partial charge in [0, 0.05) is 37.7 Å². The molecule has 2 saturated heterocycles. The van der Waals surface area contributed by atoms with Gasteiger partial charge in [-0.3, -0.25) is 0 Å². The van der Waals surface area contributed by atoms with E-state index in [0.29, 0.717) is 49.4 Å². The van der Waals surface area contributed by atoms with E-state index < -0.39 is 10.2 Å². The van der Waals surface area contributed by atoms with Crippen molar-refractivity contribution < 1.29 is 17.2 Å². The van der Waals surface area contributed by atoms with Crippen LogP contribution in [-0.4, -0.2) is 53.4 Å². The molecule has 3 heterocycles. The van der Waals surface area contributed by atoms with Gasteiger partial charge in [0.2, 0.25) is 11.8 Å². The Morgan fingerprint density at radius 2 is 1.80 bits per heavy atom. The molecule has 2 aromatic rings. The second-order valence-corrected chi connectivity index (χ2v) is 11.0. The molecular formula is C21H27FN4O3S. The van der Waals surface area contributed by atoms with Gasteiger partial charge < -0.3 is 4.42 Å². The SMILES string of the molecule is CC1CCN(S(=O)(=O)N2CCC3(CC2)CC3c2nnc(-c3cccc(F)c3)o2)CC1. The van der Waals surface area contributed by atoms with Crippen molar-refractivity contribution >= 4 is 10.2 Å². The van der Waals surface area contributed by atoms with Gasteiger partial charge >= 0.3 is 0 Å². The number of halogens is 1. The summed E-state index contributed by atoms with van der Waals surface area (Å²) in [6.07, 6.45) is 4.42. The number of piperidine rings is 2. The van der Waals surface area contributed by atoms with Gasteiger partial charge in [0.05, 0.1) is 0 Å². The van der Waals surface area contributed by atoms with Crippen LogP contribution in [0.3, 0.4) is 0 Å². The molecule has 162 valence electrons. The Hall–Kier alpha value is -1.84. The maximum Gasteiger partial charge on any atom is 0.281 e. The van der Waals surface area contributed by atoms with Crippen LogP contribution in [0.15, 0.2) is 28.7 Å². The first-order valence-corrected chi connectivity index (χ1v) is 12.1. The zero-order chi connectivity index (χ0) is 20.9. The van der Waals surface area contributed by atoms with E-state index in [1.807, 2.05) is 0 Å². The van der Waals surface area contributed by atoms with Crippen molar-refractivity contribution in [2.75, 3.05) is 26.2 Å². The molecule has 1 aliphatic carbocycles. The Morgan fingerprint density at radius 1 is 1.10 bits per heavy atom.